The molecule has 0 bridgehead atoms. The quantitative estimate of drug-likeness (QED) is 0.548. The van der Waals surface area contributed by atoms with Gasteiger partial charge in [0.05, 0.1) is 4.90 Å². The van der Waals surface area contributed by atoms with Gasteiger partial charge in [-0.3, -0.25) is 9.52 Å². The lowest BCUT2D eigenvalue weighted by atomic mass is 10.2. The van der Waals surface area contributed by atoms with Crippen LogP contribution in [0.1, 0.15) is 5.56 Å². The van der Waals surface area contributed by atoms with Crippen molar-refractivity contribution in [3.8, 4) is 11.5 Å². The number of hydrogen-bond acceptors (Lipinski definition) is 5. The highest BCUT2D eigenvalue weighted by molar-refractivity contribution is 7.92. The average molecular weight is 426 g/mol. The molecule has 1 amide bonds. The fourth-order valence-corrected chi connectivity index (χ4v) is 3.57. The number of rotatable bonds is 9. The summed E-state index contributed by atoms with van der Waals surface area (Å²) in [5.41, 5.74) is 1.46. The molecule has 0 atom stereocenters. The smallest absolute Gasteiger partial charge is 0.261 e. The van der Waals surface area contributed by atoms with Crippen molar-refractivity contribution in [2.45, 2.75) is 11.5 Å². The van der Waals surface area contributed by atoms with Crippen LogP contribution in [0.5, 0.6) is 11.5 Å². The van der Waals surface area contributed by atoms with Crippen LogP contribution in [-0.2, 0) is 21.4 Å². The third kappa shape index (κ3) is 5.99. The van der Waals surface area contributed by atoms with Crippen LogP contribution >= 0.6 is 0 Å². The van der Waals surface area contributed by atoms with Gasteiger partial charge in [0.15, 0.2) is 6.61 Å². The number of carbonyl (C=O) groups is 1. The molecule has 0 fully saturated rings. The number of ether oxygens (including phenoxy) is 2. The SMILES string of the molecule is CNC(=O)COc1ccc(S(=O)(=O)Nc2ccc(OCc3ccccc3)cc2)cc1. The molecule has 0 aromatic heterocycles. The minimum atomic E-state index is -3.76. The van der Waals surface area contributed by atoms with Crippen LogP contribution in [0.25, 0.3) is 0 Å². The van der Waals surface area contributed by atoms with Crippen molar-refractivity contribution in [2.24, 2.45) is 0 Å². The van der Waals surface area contributed by atoms with Crippen molar-refractivity contribution in [3.05, 3.63) is 84.4 Å². The number of likely N-dealkylation sites (N-methyl/N-ethyl adjacent to an activating group) is 1. The van der Waals surface area contributed by atoms with Crippen molar-refractivity contribution in [3.63, 3.8) is 0 Å². The Kier molecular flexibility index (Phi) is 6.92. The third-order valence-corrected chi connectivity index (χ3v) is 5.53. The van der Waals surface area contributed by atoms with Gasteiger partial charge in [0, 0.05) is 12.7 Å². The second-order valence-electron chi connectivity index (χ2n) is 6.34. The van der Waals surface area contributed by atoms with Crippen LogP contribution in [0.2, 0.25) is 0 Å². The van der Waals surface area contributed by atoms with E-state index in [-0.39, 0.29) is 17.4 Å². The van der Waals surface area contributed by atoms with E-state index in [1.807, 2.05) is 30.3 Å². The maximum Gasteiger partial charge on any atom is 0.261 e. The molecular weight excluding hydrogens is 404 g/mol. The first-order chi connectivity index (χ1) is 14.5. The Hall–Kier alpha value is -3.52. The van der Waals surface area contributed by atoms with E-state index in [2.05, 4.69) is 10.0 Å². The number of carbonyl (C=O) groups excluding carboxylic acids is 1. The zero-order valence-electron chi connectivity index (χ0n) is 16.4. The number of anilines is 1. The standard InChI is InChI=1S/C22H22N2O5S/c1-23-22(25)16-29-20-11-13-21(14-12-20)30(26,27)24-18-7-9-19(10-8-18)28-15-17-5-3-2-4-6-17/h2-14,24H,15-16H2,1H3,(H,23,25). The Labute approximate surface area is 175 Å². The summed E-state index contributed by atoms with van der Waals surface area (Å²) in [6.07, 6.45) is 0. The highest BCUT2D eigenvalue weighted by atomic mass is 32.2. The summed E-state index contributed by atoms with van der Waals surface area (Å²) >= 11 is 0. The third-order valence-electron chi connectivity index (χ3n) is 4.14. The molecule has 0 saturated heterocycles. The summed E-state index contributed by atoms with van der Waals surface area (Å²) in [5.74, 6) is 0.765. The van der Waals surface area contributed by atoms with Crippen LogP contribution in [0.15, 0.2) is 83.8 Å². The molecule has 8 heteroatoms. The maximum atomic E-state index is 12.6. The minimum absolute atomic E-state index is 0.0826. The zero-order valence-corrected chi connectivity index (χ0v) is 17.2. The van der Waals surface area contributed by atoms with Crippen LogP contribution < -0.4 is 19.5 Å². The Morgan fingerprint density at radius 2 is 1.43 bits per heavy atom. The lowest BCUT2D eigenvalue weighted by Gasteiger charge is -2.11. The van der Waals surface area contributed by atoms with Gasteiger partial charge in [-0.2, -0.15) is 0 Å². The summed E-state index contributed by atoms with van der Waals surface area (Å²) in [4.78, 5) is 11.3. The van der Waals surface area contributed by atoms with E-state index in [0.29, 0.717) is 23.8 Å². The first-order valence-corrected chi connectivity index (χ1v) is 10.7. The Balaban J connectivity index is 1.58. The summed E-state index contributed by atoms with van der Waals surface area (Å²) in [6, 6.07) is 22.3. The summed E-state index contributed by atoms with van der Waals surface area (Å²) < 4.78 is 38.6. The number of amides is 1. The summed E-state index contributed by atoms with van der Waals surface area (Å²) in [5, 5.41) is 2.44. The summed E-state index contributed by atoms with van der Waals surface area (Å²) in [6.45, 7) is 0.291. The maximum absolute atomic E-state index is 12.6. The van der Waals surface area contributed by atoms with Gasteiger partial charge in [-0.25, -0.2) is 8.42 Å². The van der Waals surface area contributed by atoms with Crippen LogP contribution in [-0.4, -0.2) is 28.0 Å². The molecule has 3 aromatic rings. The molecule has 0 aliphatic carbocycles. The normalized spacial score (nSPS) is 10.8. The van der Waals surface area contributed by atoms with Crippen molar-refractivity contribution in [1.82, 2.24) is 5.32 Å². The van der Waals surface area contributed by atoms with E-state index in [0.717, 1.165) is 5.56 Å². The molecular formula is C22H22N2O5S. The van der Waals surface area contributed by atoms with Gasteiger partial charge in [-0.15, -0.1) is 0 Å². The van der Waals surface area contributed by atoms with Crippen LogP contribution in [0.3, 0.4) is 0 Å². The van der Waals surface area contributed by atoms with Crippen molar-refractivity contribution >= 4 is 21.6 Å². The van der Waals surface area contributed by atoms with E-state index < -0.39 is 10.0 Å². The van der Waals surface area contributed by atoms with Gasteiger partial charge < -0.3 is 14.8 Å². The molecule has 0 aliphatic heterocycles. The second-order valence-corrected chi connectivity index (χ2v) is 8.02. The molecule has 30 heavy (non-hydrogen) atoms. The Morgan fingerprint density at radius 3 is 2.07 bits per heavy atom. The van der Waals surface area contributed by atoms with Gasteiger partial charge in [0.2, 0.25) is 0 Å². The number of hydrogen-bond donors (Lipinski definition) is 2. The topological polar surface area (TPSA) is 93.7 Å². The lowest BCUT2D eigenvalue weighted by Crippen LogP contribution is -2.24. The molecule has 3 rings (SSSR count). The molecule has 0 saturated carbocycles. The molecule has 0 unspecified atom stereocenters. The predicted molar refractivity (Wildman–Crippen MR) is 114 cm³/mol. The molecule has 2 N–H and O–H groups in total. The molecule has 0 spiro atoms. The van der Waals surface area contributed by atoms with Gasteiger partial charge in [-0.1, -0.05) is 30.3 Å². The molecule has 156 valence electrons. The van der Waals surface area contributed by atoms with Crippen LogP contribution in [0, 0.1) is 0 Å². The van der Waals surface area contributed by atoms with Gasteiger partial charge in [0.1, 0.15) is 18.1 Å². The first kappa shape index (κ1) is 21.2. The summed E-state index contributed by atoms with van der Waals surface area (Å²) in [7, 11) is -2.25. The van der Waals surface area contributed by atoms with E-state index in [4.69, 9.17) is 9.47 Å². The van der Waals surface area contributed by atoms with E-state index in [1.54, 1.807) is 24.3 Å². The highest BCUT2D eigenvalue weighted by Crippen LogP contribution is 2.22. The fourth-order valence-electron chi connectivity index (χ4n) is 2.51. The number of sulfonamides is 1. The van der Waals surface area contributed by atoms with E-state index >= 15 is 0 Å². The number of nitrogens with one attached hydrogen (secondary N) is 2. The average Bonchev–Trinajstić information content (AvgIpc) is 2.77. The van der Waals surface area contributed by atoms with Crippen LogP contribution in [0.4, 0.5) is 5.69 Å². The van der Waals surface area contributed by atoms with Gasteiger partial charge in [-0.05, 0) is 54.1 Å². The Morgan fingerprint density at radius 1 is 0.833 bits per heavy atom. The van der Waals surface area contributed by atoms with E-state index in [9.17, 15) is 13.2 Å². The van der Waals surface area contributed by atoms with Crippen molar-refractivity contribution < 1.29 is 22.7 Å². The van der Waals surface area contributed by atoms with Crippen molar-refractivity contribution in [1.29, 1.82) is 0 Å². The molecule has 0 heterocycles. The predicted octanol–water partition coefficient (Wildman–Crippen LogP) is 3.19. The lowest BCUT2D eigenvalue weighted by molar-refractivity contribution is -0.122. The fraction of sp³-hybridized carbons (Fsp3) is 0.136. The molecule has 0 radical (unpaired) electrons. The first-order valence-electron chi connectivity index (χ1n) is 9.19. The molecule has 7 nitrogen and oxygen atoms in total. The minimum Gasteiger partial charge on any atom is -0.489 e. The number of benzene rings is 3. The van der Waals surface area contributed by atoms with Gasteiger partial charge in [0.25, 0.3) is 15.9 Å². The van der Waals surface area contributed by atoms with Crippen molar-refractivity contribution in [2.75, 3.05) is 18.4 Å². The molecule has 0 aliphatic rings. The monoisotopic (exact) mass is 426 g/mol. The van der Waals surface area contributed by atoms with Gasteiger partial charge >= 0.3 is 0 Å². The largest absolute Gasteiger partial charge is 0.489 e. The molecule has 3 aromatic carbocycles. The Bertz CT molecular complexity index is 1070. The zero-order chi connectivity index (χ0) is 21.4. The highest BCUT2D eigenvalue weighted by Gasteiger charge is 2.14. The van der Waals surface area contributed by atoms with E-state index in [1.165, 1.54) is 31.3 Å². The second kappa shape index (κ2) is 9.80.